The number of hydrogen-bond acceptors (Lipinski definition) is 2. The maximum atomic E-state index is 9.41. The zero-order valence-corrected chi connectivity index (χ0v) is 12.9. The molecule has 2 rings (SSSR count). The lowest BCUT2D eigenvalue weighted by Crippen LogP contribution is -2.36. The molecule has 112 valence electrons. The van der Waals surface area contributed by atoms with Crippen molar-refractivity contribution in [2.24, 2.45) is 5.92 Å². The molecule has 1 aliphatic carbocycles. The van der Waals surface area contributed by atoms with E-state index in [0.717, 1.165) is 12.3 Å². The number of aromatic hydroxyl groups is 1. The molecule has 2 nitrogen and oxygen atoms in total. The van der Waals surface area contributed by atoms with E-state index in [2.05, 4.69) is 19.2 Å². The van der Waals surface area contributed by atoms with Crippen LogP contribution >= 0.6 is 0 Å². The predicted molar refractivity (Wildman–Crippen MR) is 84.9 cm³/mol. The van der Waals surface area contributed by atoms with Crippen LogP contribution in [0, 0.1) is 5.92 Å². The summed E-state index contributed by atoms with van der Waals surface area (Å²) in [5.74, 6) is 1.17. The Morgan fingerprint density at radius 3 is 2.25 bits per heavy atom. The van der Waals surface area contributed by atoms with Crippen LogP contribution in [0.3, 0.4) is 0 Å². The molecule has 0 bridgehead atoms. The van der Waals surface area contributed by atoms with Crippen molar-refractivity contribution in [3.8, 4) is 5.75 Å². The van der Waals surface area contributed by atoms with Crippen LogP contribution < -0.4 is 5.32 Å². The van der Waals surface area contributed by atoms with E-state index < -0.39 is 0 Å². The normalized spacial score (nSPS) is 20.3. The molecular weight excluding hydrogens is 246 g/mol. The third kappa shape index (κ3) is 4.24. The van der Waals surface area contributed by atoms with Gasteiger partial charge in [0, 0.05) is 12.1 Å². The largest absolute Gasteiger partial charge is 0.508 e. The Morgan fingerprint density at radius 1 is 1.10 bits per heavy atom. The maximum Gasteiger partial charge on any atom is 0.115 e. The first-order chi connectivity index (χ1) is 9.70. The van der Waals surface area contributed by atoms with Crippen molar-refractivity contribution in [3.05, 3.63) is 29.8 Å². The molecule has 1 fully saturated rings. The van der Waals surface area contributed by atoms with E-state index in [1.807, 2.05) is 12.1 Å². The highest BCUT2D eigenvalue weighted by Crippen LogP contribution is 2.28. The lowest BCUT2D eigenvalue weighted by atomic mass is 9.91. The second kappa shape index (κ2) is 7.68. The van der Waals surface area contributed by atoms with Gasteiger partial charge >= 0.3 is 0 Å². The lowest BCUT2D eigenvalue weighted by Gasteiger charge is -2.28. The van der Waals surface area contributed by atoms with Gasteiger partial charge in [-0.25, -0.2) is 0 Å². The highest BCUT2D eigenvalue weighted by molar-refractivity contribution is 5.28. The fourth-order valence-electron chi connectivity index (χ4n) is 3.42. The van der Waals surface area contributed by atoms with Crippen molar-refractivity contribution >= 4 is 0 Å². The number of phenols is 1. The summed E-state index contributed by atoms with van der Waals surface area (Å²) < 4.78 is 0. The van der Waals surface area contributed by atoms with Crippen LogP contribution in [-0.4, -0.2) is 11.1 Å². The fourth-order valence-corrected chi connectivity index (χ4v) is 3.42. The first-order valence-corrected chi connectivity index (χ1v) is 8.25. The molecule has 1 aromatic carbocycles. The van der Waals surface area contributed by atoms with Crippen LogP contribution in [0.2, 0.25) is 0 Å². The van der Waals surface area contributed by atoms with E-state index in [9.17, 15) is 5.11 Å². The van der Waals surface area contributed by atoms with E-state index in [-0.39, 0.29) is 0 Å². The summed E-state index contributed by atoms with van der Waals surface area (Å²) in [6.45, 7) is 4.57. The predicted octanol–water partition coefficient (Wildman–Crippen LogP) is 4.79. The molecule has 0 saturated heterocycles. The smallest absolute Gasteiger partial charge is 0.115 e. The molecule has 1 aliphatic rings. The number of rotatable bonds is 5. The molecule has 0 spiro atoms. The minimum Gasteiger partial charge on any atom is -0.508 e. The Balaban J connectivity index is 1.96. The van der Waals surface area contributed by atoms with Gasteiger partial charge in [0.1, 0.15) is 5.75 Å². The zero-order valence-electron chi connectivity index (χ0n) is 12.9. The number of benzene rings is 1. The molecule has 1 unspecified atom stereocenters. The van der Waals surface area contributed by atoms with Crippen molar-refractivity contribution in [3.63, 3.8) is 0 Å². The molecule has 2 heteroatoms. The summed E-state index contributed by atoms with van der Waals surface area (Å²) in [4.78, 5) is 0. The standard InChI is InChI=1S/C18H29NO/c1-3-18(16-10-12-17(20)13-11-16)19-14(2)15-8-6-4-5-7-9-15/h10-15,18-20H,3-9H2,1-2H3/t14-,18?/m1/s1. The van der Waals surface area contributed by atoms with Crippen LogP contribution in [0.5, 0.6) is 5.75 Å². The highest BCUT2D eigenvalue weighted by Gasteiger charge is 2.21. The van der Waals surface area contributed by atoms with Crippen LogP contribution in [-0.2, 0) is 0 Å². The quantitative estimate of drug-likeness (QED) is 0.757. The van der Waals surface area contributed by atoms with Gasteiger partial charge in [-0.05, 0) is 49.8 Å². The van der Waals surface area contributed by atoms with E-state index in [4.69, 9.17) is 0 Å². The van der Waals surface area contributed by atoms with Crippen molar-refractivity contribution in [2.45, 2.75) is 70.9 Å². The molecule has 0 radical (unpaired) electrons. The summed E-state index contributed by atoms with van der Waals surface area (Å²) in [5, 5.41) is 13.2. The molecule has 1 saturated carbocycles. The number of phenolic OH excluding ortho intramolecular Hbond substituents is 1. The van der Waals surface area contributed by atoms with Crippen molar-refractivity contribution in [2.75, 3.05) is 0 Å². The molecule has 0 amide bonds. The lowest BCUT2D eigenvalue weighted by molar-refractivity contribution is 0.306. The molecule has 2 N–H and O–H groups in total. The summed E-state index contributed by atoms with van der Waals surface area (Å²) >= 11 is 0. The topological polar surface area (TPSA) is 32.3 Å². The maximum absolute atomic E-state index is 9.41. The van der Waals surface area contributed by atoms with Crippen LogP contribution in [0.25, 0.3) is 0 Å². The summed E-state index contributed by atoms with van der Waals surface area (Å²) in [7, 11) is 0. The Labute approximate surface area is 123 Å². The Bertz CT molecular complexity index is 379. The number of nitrogens with one attached hydrogen (secondary N) is 1. The van der Waals surface area contributed by atoms with E-state index >= 15 is 0 Å². The molecule has 20 heavy (non-hydrogen) atoms. The summed E-state index contributed by atoms with van der Waals surface area (Å²) in [6, 6.07) is 8.62. The van der Waals surface area contributed by atoms with E-state index in [0.29, 0.717) is 17.8 Å². The van der Waals surface area contributed by atoms with Gasteiger partial charge in [-0.1, -0.05) is 44.7 Å². The molecule has 0 heterocycles. The monoisotopic (exact) mass is 275 g/mol. The molecule has 2 atom stereocenters. The number of hydrogen-bond donors (Lipinski definition) is 2. The molecular formula is C18H29NO. The van der Waals surface area contributed by atoms with Crippen molar-refractivity contribution in [1.29, 1.82) is 0 Å². The Kier molecular flexibility index (Phi) is 5.90. The molecule has 1 aromatic rings. The third-order valence-corrected chi connectivity index (χ3v) is 4.77. The minimum absolute atomic E-state index is 0.348. The van der Waals surface area contributed by atoms with Crippen molar-refractivity contribution < 1.29 is 5.11 Å². The fraction of sp³-hybridized carbons (Fsp3) is 0.667. The third-order valence-electron chi connectivity index (χ3n) is 4.77. The second-order valence-electron chi connectivity index (χ2n) is 6.26. The first kappa shape index (κ1) is 15.4. The van der Waals surface area contributed by atoms with Crippen molar-refractivity contribution in [1.82, 2.24) is 5.32 Å². The molecule has 0 aliphatic heterocycles. The van der Waals surface area contributed by atoms with Crippen LogP contribution in [0.4, 0.5) is 0 Å². The Hall–Kier alpha value is -1.02. The van der Waals surface area contributed by atoms with Gasteiger partial charge in [-0.15, -0.1) is 0 Å². The second-order valence-corrected chi connectivity index (χ2v) is 6.26. The van der Waals surface area contributed by atoms with E-state index in [1.165, 1.54) is 44.1 Å². The van der Waals surface area contributed by atoms with Gasteiger partial charge in [0.25, 0.3) is 0 Å². The van der Waals surface area contributed by atoms with Gasteiger partial charge in [-0.3, -0.25) is 0 Å². The SMILES string of the molecule is CCC(N[C@H](C)C1CCCCCC1)c1ccc(O)cc1. The van der Waals surface area contributed by atoms with Crippen LogP contribution in [0.1, 0.15) is 70.4 Å². The van der Waals surface area contributed by atoms with E-state index in [1.54, 1.807) is 12.1 Å². The van der Waals surface area contributed by atoms with Crippen LogP contribution in [0.15, 0.2) is 24.3 Å². The summed E-state index contributed by atoms with van der Waals surface area (Å²) in [6.07, 6.45) is 9.46. The average Bonchev–Trinajstić information content (AvgIpc) is 2.75. The molecule has 0 aromatic heterocycles. The highest BCUT2D eigenvalue weighted by atomic mass is 16.3. The first-order valence-electron chi connectivity index (χ1n) is 8.25. The van der Waals surface area contributed by atoms with Gasteiger partial charge in [0.05, 0.1) is 0 Å². The average molecular weight is 275 g/mol. The van der Waals surface area contributed by atoms with Gasteiger partial charge in [0.2, 0.25) is 0 Å². The Morgan fingerprint density at radius 2 is 1.70 bits per heavy atom. The van der Waals surface area contributed by atoms with Gasteiger partial charge in [0.15, 0.2) is 0 Å². The zero-order chi connectivity index (χ0) is 14.4. The van der Waals surface area contributed by atoms with Gasteiger partial charge in [-0.2, -0.15) is 0 Å². The van der Waals surface area contributed by atoms with Gasteiger partial charge < -0.3 is 10.4 Å². The minimum atomic E-state index is 0.348. The summed E-state index contributed by atoms with van der Waals surface area (Å²) in [5.41, 5.74) is 1.28.